The van der Waals surface area contributed by atoms with Gasteiger partial charge in [0.05, 0.1) is 7.11 Å². The molecule has 0 aliphatic heterocycles. The Kier molecular flexibility index (Phi) is 6.17. The van der Waals surface area contributed by atoms with Crippen molar-refractivity contribution in [3.05, 3.63) is 65.7 Å². The van der Waals surface area contributed by atoms with E-state index in [1.807, 2.05) is 54.6 Å². The van der Waals surface area contributed by atoms with Gasteiger partial charge in [0.15, 0.2) is 0 Å². The zero-order chi connectivity index (χ0) is 16.5. The summed E-state index contributed by atoms with van der Waals surface area (Å²) in [5.74, 6) is 0.0918. The summed E-state index contributed by atoms with van der Waals surface area (Å²) < 4.78 is 5.22. The molecule has 0 heterocycles. The molecule has 0 unspecified atom stereocenters. The van der Waals surface area contributed by atoms with E-state index < -0.39 is 0 Å². The van der Waals surface area contributed by atoms with Crippen molar-refractivity contribution in [1.82, 2.24) is 10.6 Å². The van der Waals surface area contributed by atoms with Crippen molar-refractivity contribution in [3.8, 4) is 5.75 Å². The summed E-state index contributed by atoms with van der Waals surface area (Å²) in [6.07, 6.45) is -0.192. The van der Waals surface area contributed by atoms with Gasteiger partial charge < -0.3 is 15.4 Å². The van der Waals surface area contributed by atoms with E-state index in [0.29, 0.717) is 18.8 Å². The number of methoxy groups -OCH3 is 1. The van der Waals surface area contributed by atoms with Crippen LogP contribution in [0.3, 0.4) is 0 Å². The van der Waals surface area contributed by atoms with E-state index in [4.69, 9.17) is 4.74 Å². The lowest BCUT2D eigenvalue weighted by atomic mass is 10.2. The normalized spacial score (nSPS) is 9.96. The van der Waals surface area contributed by atoms with Crippen molar-refractivity contribution in [1.29, 1.82) is 0 Å². The summed E-state index contributed by atoms with van der Waals surface area (Å²) in [4.78, 5) is 23.6. The zero-order valence-electron chi connectivity index (χ0n) is 13.0. The van der Waals surface area contributed by atoms with E-state index in [9.17, 15) is 9.59 Å². The molecular formula is C18H20N2O3. The molecule has 23 heavy (non-hydrogen) atoms. The molecule has 5 nitrogen and oxygen atoms in total. The predicted octanol–water partition coefficient (Wildman–Crippen LogP) is 2.02. The van der Waals surface area contributed by atoms with Crippen LogP contribution in [0.1, 0.15) is 17.5 Å². The van der Waals surface area contributed by atoms with E-state index >= 15 is 0 Å². The third kappa shape index (κ3) is 5.47. The molecular weight excluding hydrogens is 292 g/mol. The predicted molar refractivity (Wildman–Crippen MR) is 87.7 cm³/mol. The zero-order valence-corrected chi connectivity index (χ0v) is 13.0. The average Bonchev–Trinajstić information content (AvgIpc) is 2.59. The van der Waals surface area contributed by atoms with Gasteiger partial charge in [-0.1, -0.05) is 48.5 Å². The largest absolute Gasteiger partial charge is 0.496 e. The lowest BCUT2D eigenvalue weighted by Gasteiger charge is -2.09. The third-order valence-corrected chi connectivity index (χ3v) is 3.32. The molecule has 2 aromatic rings. The number of para-hydroxylation sites is 1. The van der Waals surface area contributed by atoms with Gasteiger partial charge in [0.25, 0.3) is 0 Å². The number of ether oxygens (including phenoxy) is 1. The second kappa shape index (κ2) is 8.58. The molecule has 0 saturated carbocycles. The van der Waals surface area contributed by atoms with Crippen molar-refractivity contribution in [2.45, 2.75) is 19.5 Å². The Bertz CT molecular complexity index is 656. The standard InChI is InChI=1S/C18H20N2O3/c1-23-16-10-6-5-9-15(16)13-20-18(22)11-17(21)19-12-14-7-3-2-4-8-14/h2-10H,11-13H2,1H3,(H,19,21)(H,20,22). The fourth-order valence-electron chi connectivity index (χ4n) is 2.11. The number of benzene rings is 2. The first-order valence-corrected chi connectivity index (χ1v) is 7.38. The Morgan fingerprint density at radius 2 is 1.48 bits per heavy atom. The molecule has 2 rings (SSSR count). The topological polar surface area (TPSA) is 67.4 Å². The van der Waals surface area contributed by atoms with E-state index in [-0.39, 0.29) is 18.2 Å². The van der Waals surface area contributed by atoms with Crippen molar-refractivity contribution in [2.75, 3.05) is 7.11 Å². The summed E-state index contributed by atoms with van der Waals surface area (Å²) in [5.41, 5.74) is 1.86. The van der Waals surface area contributed by atoms with Crippen LogP contribution in [-0.4, -0.2) is 18.9 Å². The Hall–Kier alpha value is -2.82. The smallest absolute Gasteiger partial charge is 0.229 e. The van der Waals surface area contributed by atoms with Crippen LogP contribution in [0.25, 0.3) is 0 Å². The van der Waals surface area contributed by atoms with Crippen molar-refractivity contribution in [2.24, 2.45) is 0 Å². The van der Waals surface area contributed by atoms with Crippen LogP contribution in [0.5, 0.6) is 5.75 Å². The first-order chi connectivity index (χ1) is 11.2. The lowest BCUT2D eigenvalue weighted by molar-refractivity contribution is -0.129. The van der Waals surface area contributed by atoms with E-state index in [2.05, 4.69) is 10.6 Å². The molecule has 0 aliphatic rings. The van der Waals surface area contributed by atoms with Gasteiger partial charge in [-0.3, -0.25) is 9.59 Å². The van der Waals surface area contributed by atoms with Crippen molar-refractivity contribution < 1.29 is 14.3 Å². The van der Waals surface area contributed by atoms with Gasteiger partial charge >= 0.3 is 0 Å². The van der Waals surface area contributed by atoms with Gasteiger partial charge in [-0.15, -0.1) is 0 Å². The third-order valence-electron chi connectivity index (χ3n) is 3.32. The molecule has 5 heteroatoms. The highest BCUT2D eigenvalue weighted by Gasteiger charge is 2.10. The second-order valence-corrected chi connectivity index (χ2v) is 5.03. The monoisotopic (exact) mass is 312 g/mol. The number of hydrogen-bond acceptors (Lipinski definition) is 3. The fraction of sp³-hybridized carbons (Fsp3) is 0.222. The number of nitrogens with one attached hydrogen (secondary N) is 2. The number of rotatable bonds is 7. The van der Waals surface area contributed by atoms with Gasteiger partial charge in [-0.25, -0.2) is 0 Å². The van der Waals surface area contributed by atoms with Gasteiger partial charge in [0.1, 0.15) is 12.2 Å². The average molecular weight is 312 g/mol. The highest BCUT2D eigenvalue weighted by molar-refractivity contribution is 5.96. The van der Waals surface area contributed by atoms with Crippen LogP contribution in [0.2, 0.25) is 0 Å². The summed E-state index contributed by atoms with van der Waals surface area (Å²) in [6, 6.07) is 17.0. The molecule has 0 spiro atoms. The first kappa shape index (κ1) is 16.5. The van der Waals surface area contributed by atoms with Crippen molar-refractivity contribution in [3.63, 3.8) is 0 Å². The molecule has 0 fully saturated rings. The quantitative estimate of drug-likeness (QED) is 0.769. The molecule has 2 amide bonds. The van der Waals surface area contributed by atoms with Gasteiger partial charge in [0, 0.05) is 18.7 Å². The van der Waals surface area contributed by atoms with Gasteiger partial charge in [0.2, 0.25) is 11.8 Å². The molecule has 0 saturated heterocycles. The van der Waals surface area contributed by atoms with E-state index in [1.54, 1.807) is 7.11 Å². The molecule has 0 aromatic heterocycles. The van der Waals surface area contributed by atoms with Crippen LogP contribution in [-0.2, 0) is 22.7 Å². The van der Waals surface area contributed by atoms with Crippen LogP contribution in [0.15, 0.2) is 54.6 Å². The van der Waals surface area contributed by atoms with Crippen molar-refractivity contribution >= 4 is 11.8 Å². The molecule has 2 aromatic carbocycles. The Morgan fingerprint density at radius 3 is 2.17 bits per heavy atom. The molecule has 0 bridgehead atoms. The number of hydrogen-bond donors (Lipinski definition) is 2. The minimum atomic E-state index is -0.318. The van der Waals surface area contributed by atoms with E-state index in [1.165, 1.54) is 0 Å². The maximum Gasteiger partial charge on any atom is 0.229 e. The first-order valence-electron chi connectivity index (χ1n) is 7.38. The molecule has 0 aliphatic carbocycles. The second-order valence-electron chi connectivity index (χ2n) is 5.03. The molecule has 0 radical (unpaired) electrons. The van der Waals surface area contributed by atoms with Gasteiger partial charge in [-0.2, -0.15) is 0 Å². The number of amides is 2. The summed E-state index contributed by atoms with van der Waals surface area (Å²) in [5, 5.41) is 5.45. The molecule has 120 valence electrons. The molecule has 0 atom stereocenters. The summed E-state index contributed by atoms with van der Waals surface area (Å²) in [7, 11) is 1.58. The maximum absolute atomic E-state index is 11.8. The number of carbonyl (C=O) groups is 2. The maximum atomic E-state index is 11.8. The fourth-order valence-corrected chi connectivity index (χ4v) is 2.11. The van der Waals surface area contributed by atoms with Crippen LogP contribution in [0, 0.1) is 0 Å². The SMILES string of the molecule is COc1ccccc1CNC(=O)CC(=O)NCc1ccccc1. The summed E-state index contributed by atoms with van der Waals surface area (Å²) in [6.45, 7) is 0.744. The van der Waals surface area contributed by atoms with Crippen LogP contribution in [0.4, 0.5) is 0 Å². The number of carbonyl (C=O) groups excluding carboxylic acids is 2. The lowest BCUT2D eigenvalue weighted by Crippen LogP contribution is -2.31. The van der Waals surface area contributed by atoms with Crippen LogP contribution >= 0.6 is 0 Å². The van der Waals surface area contributed by atoms with Gasteiger partial charge in [-0.05, 0) is 11.6 Å². The van der Waals surface area contributed by atoms with Crippen LogP contribution < -0.4 is 15.4 Å². The highest BCUT2D eigenvalue weighted by atomic mass is 16.5. The Balaban J connectivity index is 1.75. The summed E-state index contributed by atoms with van der Waals surface area (Å²) >= 11 is 0. The minimum Gasteiger partial charge on any atom is -0.496 e. The Labute approximate surface area is 135 Å². The van der Waals surface area contributed by atoms with E-state index in [0.717, 1.165) is 11.1 Å². The Morgan fingerprint density at radius 1 is 0.870 bits per heavy atom. The molecule has 2 N–H and O–H groups in total. The highest BCUT2D eigenvalue weighted by Crippen LogP contribution is 2.16. The minimum absolute atomic E-state index is 0.192.